The van der Waals surface area contributed by atoms with Crippen LogP contribution in [0.2, 0.25) is 0 Å². The van der Waals surface area contributed by atoms with Gasteiger partial charge < -0.3 is 14.6 Å². The van der Waals surface area contributed by atoms with Crippen LogP contribution in [0, 0.1) is 0 Å². The molecule has 1 aliphatic heterocycles. The fourth-order valence-corrected chi connectivity index (χ4v) is 1.95. The van der Waals surface area contributed by atoms with E-state index in [4.69, 9.17) is 0 Å². The maximum absolute atomic E-state index is 12.9. The number of pyridine rings is 1. The minimum Gasteiger partial charge on any atom is -0.395 e. The molecule has 1 aromatic carbocycles. The first-order valence-electron chi connectivity index (χ1n) is 6.00. The minimum atomic E-state index is -3.63. The van der Waals surface area contributed by atoms with Crippen LogP contribution in [0.1, 0.15) is 18.7 Å². The fourth-order valence-electron chi connectivity index (χ4n) is 1.95. The normalized spacial score (nSPS) is 17.0. The van der Waals surface area contributed by atoms with Gasteiger partial charge in [0.1, 0.15) is 0 Å². The summed E-state index contributed by atoms with van der Waals surface area (Å²) in [5.74, 6) is -0.0396. The Kier molecular flexibility index (Phi) is 2.83. The number of aromatic nitrogens is 1. The lowest BCUT2D eigenvalue weighted by atomic mass is 10.1. The molecule has 104 valence electrons. The van der Waals surface area contributed by atoms with E-state index in [0.717, 1.165) is 0 Å². The van der Waals surface area contributed by atoms with Crippen molar-refractivity contribution in [1.29, 1.82) is 0 Å². The Morgan fingerprint density at radius 2 is 1.90 bits per heavy atom. The van der Waals surface area contributed by atoms with Gasteiger partial charge in [-0.1, -0.05) is 6.07 Å². The van der Waals surface area contributed by atoms with Crippen LogP contribution in [0.5, 0.6) is 11.5 Å². The van der Waals surface area contributed by atoms with Crippen LogP contribution in [0.3, 0.4) is 0 Å². The van der Waals surface area contributed by atoms with E-state index < -0.39 is 12.4 Å². The Labute approximate surface area is 113 Å². The maximum atomic E-state index is 12.9. The second-order valence-corrected chi connectivity index (χ2v) is 4.45. The van der Waals surface area contributed by atoms with Crippen molar-refractivity contribution < 1.29 is 23.4 Å². The van der Waals surface area contributed by atoms with Gasteiger partial charge in [-0.15, -0.1) is 8.78 Å². The van der Waals surface area contributed by atoms with Gasteiger partial charge in [0.05, 0.1) is 17.5 Å². The summed E-state index contributed by atoms with van der Waals surface area (Å²) in [6.07, 6.45) is -4.33. The van der Waals surface area contributed by atoms with E-state index in [-0.39, 0.29) is 11.5 Å². The predicted molar refractivity (Wildman–Crippen MR) is 66.5 cm³/mol. The largest absolute Gasteiger partial charge is 0.586 e. The van der Waals surface area contributed by atoms with Crippen molar-refractivity contribution >= 4 is 0 Å². The summed E-state index contributed by atoms with van der Waals surface area (Å²) in [6, 6.07) is 9.60. The van der Waals surface area contributed by atoms with Gasteiger partial charge in [0.2, 0.25) is 0 Å². The molecule has 0 saturated carbocycles. The standard InChI is InChI=1S/C14H11F2NO3/c1-8(18)10-3-2-4-11(17-10)9-5-6-12-13(7-9)20-14(15,16)19-12/h2-8,18H,1H3/t8-/m1/s1. The van der Waals surface area contributed by atoms with Crippen LogP contribution < -0.4 is 9.47 Å². The Bertz CT molecular complexity index is 659. The third kappa shape index (κ3) is 2.30. The lowest BCUT2D eigenvalue weighted by molar-refractivity contribution is -0.286. The molecule has 6 heteroatoms. The van der Waals surface area contributed by atoms with Gasteiger partial charge in [-0.25, -0.2) is 0 Å². The number of fused-ring (bicyclic) bond motifs is 1. The molecule has 20 heavy (non-hydrogen) atoms. The SMILES string of the molecule is C[C@@H](O)c1cccc(-c2ccc3c(c2)OC(F)(F)O3)n1. The van der Waals surface area contributed by atoms with Crippen LogP contribution in [0.15, 0.2) is 36.4 Å². The number of aliphatic hydroxyl groups excluding tert-OH is 1. The predicted octanol–water partition coefficient (Wildman–Crippen LogP) is 3.12. The Balaban J connectivity index is 1.99. The molecule has 0 bridgehead atoms. The summed E-state index contributed by atoms with van der Waals surface area (Å²) < 4.78 is 34.6. The number of benzene rings is 1. The van der Waals surface area contributed by atoms with Crippen molar-refractivity contribution in [2.75, 3.05) is 0 Å². The topological polar surface area (TPSA) is 51.6 Å². The highest BCUT2D eigenvalue weighted by Gasteiger charge is 2.43. The summed E-state index contributed by atoms with van der Waals surface area (Å²) in [4.78, 5) is 4.27. The van der Waals surface area contributed by atoms with Gasteiger partial charge in [-0.3, -0.25) is 4.98 Å². The Hall–Kier alpha value is -2.21. The lowest BCUT2D eigenvalue weighted by Gasteiger charge is -2.07. The van der Waals surface area contributed by atoms with E-state index in [9.17, 15) is 13.9 Å². The van der Waals surface area contributed by atoms with Crippen LogP contribution in [-0.4, -0.2) is 16.4 Å². The second kappa shape index (κ2) is 4.42. The number of ether oxygens (including phenoxy) is 2. The van der Waals surface area contributed by atoms with Gasteiger partial charge in [-0.2, -0.15) is 0 Å². The summed E-state index contributed by atoms with van der Waals surface area (Å²) in [7, 11) is 0. The number of aliphatic hydroxyl groups is 1. The number of alkyl halides is 2. The first kappa shape index (κ1) is 12.8. The van der Waals surface area contributed by atoms with Crippen molar-refractivity contribution in [3.8, 4) is 22.8 Å². The van der Waals surface area contributed by atoms with Gasteiger partial charge >= 0.3 is 6.29 Å². The molecule has 1 atom stereocenters. The zero-order chi connectivity index (χ0) is 14.3. The average Bonchev–Trinajstić information content (AvgIpc) is 2.71. The van der Waals surface area contributed by atoms with Crippen LogP contribution in [-0.2, 0) is 0 Å². The summed E-state index contributed by atoms with van der Waals surface area (Å²) in [5.41, 5.74) is 1.67. The molecule has 4 nitrogen and oxygen atoms in total. The van der Waals surface area contributed by atoms with E-state index >= 15 is 0 Å². The number of halogens is 2. The van der Waals surface area contributed by atoms with Crippen LogP contribution >= 0.6 is 0 Å². The van der Waals surface area contributed by atoms with Crippen molar-refractivity contribution in [3.63, 3.8) is 0 Å². The summed E-state index contributed by atoms with van der Waals surface area (Å²) in [5, 5.41) is 9.51. The van der Waals surface area contributed by atoms with Crippen molar-refractivity contribution in [2.45, 2.75) is 19.3 Å². The molecule has 0 saturated heterocycles. The van der Waals surface area contributed by atoms with Gasteiger partial charge in [0.15, 0.2) is 11.5 Å². The maximum Gasteiger partial charge on any atom is 0.586 e. The number of hydrogen-bond acceptors (Lipinski definition) is 4. The lowest BCUT2D eigenvalue weighted by Crippen LogP contribution is -2.25. The number of rotatable bonds is 2. The highest BCUT2D eigenvalue weighted by Crippen LogP contribution is 2.42. The molecule has 2 heterocycles. The van der Waals surface area contributed by atoms with Crippen molar-refractivity contribution in [1.82, 2.24) is 4.98 Å². The third-order valence-corrected chi connectivity index (χ3v) is 2.90. The summed E-state index contributed by atoms with van der Waals surface area (Å²) in [6.45, 7) is 1.60. The van der Waals surface area contributed by atoms with Crippen molar-refractivity contribution in [2.24, 2.45) is 0 Å². The third-order valence-electron chi connectivity index (χ3n) is 2.90. The highest BCUT2D eigenvalue weighted by molar-refractivity contribution is 5.64. The van der Waals surface area contributed by atoms with E-state index in [1.165, 1.54) is 12.1 Å². The molecule has 0 unspecified atom stereocenters. The van der Waals surface area contributed by atoms with E-state index in [1.807, 2.05) is 0 Å². The van der Waals surface area contributed by atoms with Gasteiger partial charge in [-0.05, 0) is 37.3 Å². The van der Waals surface area contributed by atoms with E-state index in [0.29, 0.717) is 17.0 Å². The van der Waals surface area contributed by atoms with E-state index in [2.05, 4.69) is 14.5 Å². The summed E-state index contributed by atoms with van der Waals surface area (Å²) >= 11 is 0. The molecule has 0 fully saturated rings. The molecule has 2 aromatic rings. The number of hydrogen-bond donors (Lipinski definition) is 1. The quantitative estimate of drug-likeness (QED) is 0.917. The van der Waals surface area contributed by atoms with Gasteiger partial charge in [0.25, 0.3) is 0 Å². The first-order chi connectivity index (χ1) is 9.44. The van der Waals surface area contributed by atoms with Gasteiger partial charge in [0, 0.05) is 5.56 Å². The highest BCUT2D eigenvalue weighted by atomic mass is 19.3. The molecule has 0 spiro atoms. The zero-order valence-electron chi connectivity index (χ0n) is 10.5. The van der Waals surface area contributed by atoms with Crippen molar-refractivity contribution in [3.05, 3.63) is 42.1 Å². The smallest absolute Gasteiger partial charge is 0.395 e. The first-order valence-corrected chi connectivity index (χ1v) is 6.00. The van der Waals surface area contributed by atoms with Crippen LogP contribution in [0.4, 0.5) is 8.78 Å². The zero-order valence-corrected chi connectivity index (χ0v) is 10.5. The molecule has 1 aliphatic rings. The molecule has 0 radical (unpaired) electrons. The molecular weight excluding hydrogens is 268 g/mol. The minimum absolute atomic E-state index is 0.00886. The second-order valence-electron chi connectivity index (χ2n) is 4.45. The molecule has 0 amide bonds. The van der Waals surface area contributed by atoms with Crippen LogP contribution in [0.25, 0.3) is 11.3 Å². The molecular formula is C14H11F2NO3. The molecule has 0 aliphatic carbocycles. The molecule has 1 aromatic heterocycles. The Morgan fingerprint density at radius 3 is 2.65 bits per heavy atom. The average molecular weight is 279 g/mol. The molecule has 1 N–H and O–H groups in total. The fraction of sp³-hybridized carbons (Fsp3) is 0.214. The van der Waals surface area contributed by atoms with E-state index in [1.54, 1.807) is 31.2 Å². The monoisotopic (exact) mass is 279 g/mol. The number of nitrogens with zero attached hydrogens (tertiary/aromatic N) is 1. The Morgan fingerprint density at radius 1 is 1.15 bits per heavy atom. The molecule has 3 rings (SSSR count).